The minimum Gasteiger partial charge on any atom is -0.454 e. The molecule has 14 rings (SSSR count). The van der Waals surface area contributed by atoms with Crippen molar-refractivity contribution < 1.29 is 4.42 Å². The van der Waals surface area contributed by atoms with Gasteiger partial charge in [-0.15, -0.1) is 0 Å². The Labute approximate surface area is 372 Å². The van der Waals surface area contributed by atoms with Crippen molar-refractivity contribution in [2.24, 2.45) is 0 Å². The minimum atomic E-state index is -0.488. The molecule has 300 valence electrons. The summed E-state index contributed by atoms with van der Waals surface area (Å²) in [5, 5.41) is 2.35. The van der Waals surface area contributed by atoms with Gasteiger partial charge < -0.3 is 9.32 Å². The molecule has 0 bridgehead atoms. The maximum atomic E-state index is 6.94. The molecular formula is C62H41NO. The zero-order chi connectivity index (χ0) is 42.0. The standard InChI is InChI=1S/C62H41NO/c1-3-18-40(19-4-1)61(41-20-5-2-6-21-41)52-28-12-10-25-47(52)51-38-42(35-37-56(51)61)63(58-32-17-27-50-49-26-11-16-33-59(49)64-60(50)58)43-34-36-48-46-24-9-15-31-55(46)62(57(48)39-43)53-29-13-7-22-44(53)45-23-8-14-30-54(45)62/h1-10,12-15,17-39H,11,16H2. The second-order valence-electron chi connectivity index (χ2n) is 17.7. The molecule has 0 fully saturated rings. The summed E-state index contributed by atoms with van der Waals surface area (Å²) < 4.78 is 6.94. The highest BCUT2D eigenvalue weighted by Gasteiger charge is 2.52. The number of hydrogen-bond donors (Lipinski definition) is 0. The fraction of sp³-hybridized carbons (Fsp3) is 0.0645. The van der Waals surface area contributed by atoms with E-state index in [1.807, 2.05) is 0 Å². The van der Waals surface area contributed by atoms with E-state index in [4.69, 9.17) is 4.42 Å². The number of anilines is 3. The van der Waals surface area contributed by atoms with E-state index in [0.29, 0.717) is 0 Å². The predicted octanol–water partition coefficient (Wildman–Crippen LogP) is 14.0. The summed E-state index contributed by atoms with van der Waals surface area (Å²) in [5.74, 6) is 0. The molecule has 0 amide bonds. The average Bonchev–Trinajstić information content (AvgIpc) is 4.08. The molecule has 0 aliphatic heterocycles. The molecule has 4 aliphatic carbocycles. The van der Waals surface area contributed by atoms with Crippen LogP contribution in [0.4, 0.5) is 17.1 Å². The van der Waals surface area contributed by atoms with Crippen molar-refractivity contribution in [2.75, 3.05) is 4.90 Å². The lowest BCUT2D eigenvalue weighted by atomic mass is 9.68. The van der Waals surface area contributed by atoms with E-state index in [1.54, 1.807) is 0 Å². The molecule has 0 saturated heterocycles. The Hall–Kier alpha value is -7.94. The van der Waals surface area contributed by atoms with E-state index in [0.717, 1.165) is 46.3 Å². The number of fused-ring (bicyclic) bond motifs is 16. The first-order valence-electron chi connectivity index (χ1n) is 22.6. The van der Waals surface area contributed by atoms with Gasteiger partial charge in [0, 0.05) is 22.0 Å². The summed E-state index contributed by atoms with van der Waals surface area (Å²) in [6, 6.07) is 79.4. The van der Waals surface area contributed by atoms with E-state index in [9.17, 15) is 0 Å². The number of para-hydroxylation sites is 1. The highest BCUT2D eigenvalue weighted by Crippen LogP contribution is 2.64. The van der Waals surface area contributed by atoms with Crippen LogP contribution in [0.25, 0.3) is 56.5 Å². The maximum absolute atomic E-state index is 6.94. The predicted molar refractivity (Wildman–Crippen MR) is 262 cm³/mol. The number of nitrogens with zero attached hydrogens (tertiary/aromatic N) is 1. The first-order chi connectivity index (χ1) is 31.8. The van der Waals surface area contributed by atoms with Crippen LogP contribution in [0.3, 0.4) is 0 Å². The number of furan rings is 1. The van der Waals surface area contributed by atoms with Gasteiger partial charge in [0.05, 0.1) is 16.5 Å². The van der Waals surface area contributed by atoms with Gasteiger partial charge in [-0.25, -0.2) is 0 Å². The van der Waals surface area contributed by atoms with Crippen molar-refractivity contribution >= 4 is 40.2 Å². The van der Waals surface area contributed by atoms with Crippen LogP contribution in [0, 0.1) is 0 Å². The Morgan fingerprint density at radius 2 is 0.844 bits per heavy atom. The smallest absolute Gasteiger partial charge is 0.159 e. The fourth-order valence-electron chi connectivity index (χ4n) is 12.3. The monoisotopic (exact) mass is 815 g/mol. The van der Waals surface area contributed by atoms with Gasteiger partial charge >= 0.3 is 0 Å². The van der Waals surface area contributed by atoms with Crippen LogP contribution < -0.4 is 15.5 Å². The second kappa shape index (κ2) is 13.3. The summed E-state index contributed by atoms with van der Waals surface area (Å²) in [6.45, 7) is 0. The molecule has 10 aromatic rings. The molecule has 2 nitrogen and oxygen atoms in total. The van der Waals surface area contributed by atoms with Crippen molar-refractivity contribution in [3.8, 4) is 33.4 Å². The van der Waals surface area contributed by atoms with Crippen molar-refractivity contribution in [3.63, 3.8) is 0 Å². The molecule has 4 aliphatic rings. The first kappa shape index (κ1) is 35.6. The topological polar surface area (TPSA) is 16.4 Å². The summed E-state index contributed by atoms with van der Waals surface area (Å²) >= 11 is 0. The van der Waals surface area contributed by atoms with Crippen molar-refractivity contribution in [1.29, 1.82) is 0 Å². The molecule has 0 atom stereocenters. The molecule has 0 radical (unpaired) electrons. The lowest BCUT2D eigenvalue weighted by Gasteiger charge is -2.34. The highest BCUT2D eigenvalue weighted by atomic mass is 16.3. The third-order valence-electron chi connectivity index (χ3n) is 14.8. The van der Waals surface area contributed by atoms with Crippen LogP contribution in [-0.4, -0.2) is 0 Å². The van der Waals surface area contributed by atoms with Gasteiger partial charge in [0.25, 0.3) is 0 Å². The summed E-state index contributed by atoms with van der Waals surface area (Å²) in [4.78, 5) is 2.47. The molecule has 0 saturated carbocycles. The largest absolute Gasteiger partial charge is 0.454 e. The molecule has 2 heteroatoms. The molecule has 1 aromatic heterocycles. The number of benzene rings is 9. The molecule has 9 aromatic carbocycles. The van der Waals surface area contributed by atoms with Gasteiger partial charge in [-0.05, 0) is 127 Å². The van der Waals surface area contributed by atoms with E-state index in [-0.39, 0.29) is 0 Å². The third kappa shape index (κ3) is 4.54. The maximum Gasteiger partial charge on any atom is 0.159 e. The lowest BCUT2D eigenvalue weighted by molar-refractivity contribution is 0.572. The van der Waals surface area contributed by atoms with Crippen LogP contribution in [0.2, 0.25) is 0 Å². The van der Waals surface area contributed by atoms with Gasteiger partial charge in [0.2, 0.25) is 0 Å². The molecular weight excluding hydrogens is 775 g/mol. The van der Waals surface area contributed by atoms with Crippen LogP contribution in [-0.2, 0) is 10.8 Å². The first-order valence-corrected chi connectivity index (χ1v) is 22.6. The SMILES string of the molecule is C1=c2oc3c(N(c4ccc5c(c4)-c4ccccc4C5(c4ccccc4)c4ccccc4)c4ccc5c(c4)C4(c6ccccc6-c6ccccc64)c4ccccc4-5)cccc3c2=CCC1. The quantitative estimate of drug-likeness (QED) is 0.172. The Kier molecular flexibility index (Phi) is 7.40. The molecule has 1 heterocycles. The van der Waals surface area contributed by atoms with Gasteiger partial charge in [0.15, 0.2) is 5.58 Å². The van der Waals surface area contributed by atoms with Crippen molar-refractivity contribution in [1.82, 2.24) is 0 Å². The van der Waals surface area contributed by atoms with E-state index < -0.39 is 10.8 Å². The van der Waals surface area contributed by atoms with Gasteiger partial charge in [-0.1, -0.05) is 188 Å². The number of rotatable bonds is 5. The Morgan fingerprint density at radius 3 is 1.47 bits per heavy atom. The van der Waals surface area contributed by atoms with E-state index in [1.165, 1.54) is 83.1 Å². The highest BCUT2D eigenvalue weighted by molar-refractivity contribution is 6.00. The van der Waals surface area contributed by atoms with Crippen molar-refractivity contribution in [2.45, 2.75) is 23.7 Å². The summed E-state index contributed by atoms with van der Waals surface area (Å²) in [7, 11) is 0. The van der Waals surface area contributed by atoms with Crippen LogP contribution >= 0.6 is 0 Å². The normalized spacial score (nSPS) is 14.9. The van der Waals surface area contributed by atoms with Gasteiger partial charge in [-0.3, -0.25) is 0 Å². The molecule has 1 spiro atoms. The Bertz CT molecular complexity index is 3590. The summed E-state index contributed by atoms with van der Waals surface area (Å²) in [6.07, 6.45) is 6.60. The van der Waals surface area contributed by atoms with Crippen LogP contribution in [0.1, 0.15) is 57.3 Å². The zero-order valence-corrected chi connectivity index (χ0v) is 35.1. The molecule has 0 N–H and O–H groups in total. The Morgan fingerprint density at radius 1 is 0.359 bits per heavy atom. The zero-order valence-electron chi connectivity index (χ0n) is 35.1. The van der Waals surface area contributed by atoms with Gasteiger partial charge in [0.1, 0.15) is 5.42 Å². The van der Waals surface area contributed by atoms with Crippen LogP contribution in [0.5, 0.6) is 0 Å². The fourth-order valence-corrected chi connectivity index (χ4v) is 12.3. The number of hydrogen-bond acceptors (Lipinski definition) is 2. The van der Waals surface area contributed by atoms with Crippen LogP contribution in [0.15, 0.2) is 217 Å². The molecule has 64 heavy (non-hydrogen) atoms. The average molecular weight is 816 g/mol. The summed E-state index contributed by atoms with van der Waals surface area (Å²) in [5.41, 5.74) is 22.2. The third-order valence-corrected chi connectivity index (χ3v) is 14.8. The van der Waals surface area contributed by atoms with E-state index >= 15 is 0 Å². The van der Waals surface area contributed by atoms with E-state index in [2.05, 4.69) is 229 Å². The van der Waals surface area contributed by atoms with Crippen molar-refractivity contribution in [3.05, 3.63) is 267 Å². The van der Waals surface area contributed by atoms with Gasteiger partial charge in [-0.2, -0.15) is 0 Å². The lowest BCUT2D eigenvalue weighted by Crippen LogP contribution is -2.28. The Balaban J connectivity index is 1.06. The molecule has 0 unspecified atom stereocenters. The second-order valence-corrected chi connectivity index (χ2v) is 17.7. The minimum absolute atomic E-state index is 0.470.